The van der Waals surface area contributed by atoms with Gasteiger partial charge in [0, 0.05) is 26.2 Å². The highest BCUT2D eigenvalue weighted by atomic mass is 16.5. The first kappa shape index (κ1) is 14.8. The van der Waals surface area contributed by atoms with E-state index in [2.05, 4.69) is 34.1 Å². The average Bonchev–Trinajstić information content (AvgIpc) is 2.47. The molecule has 2 rings (SSSR count). The molecular formula is C13H24N6O. The van der Waals surface area contributed by atoms with E-state index in [4.69, 9.17) is 10.5 Å². The van der Waals surface area contributed by atoms with Crippen molar-refractivity contribution >= 4 is 17.8 Å². The maximum absolute atomic E-state index is 5.76. The molecule has 1 atom stereocenters. The highest BCUT2D eigenvalue weighted by Gasteiger charge is 2.15. The molecule has 1 unspecified atom stereocenters. The molecule has 7 heteroatoms. The molecule has 1 aliphatic rings. The van der Waals surface area contributed by atoms with E-state index in [1.165, 1.54) is 6.42 Å². The smallest absolute Gasteiger partial charge is 0.231 e. The van der Waals surface area contributed by atoms with Gasteiger partial charge in [-0.05, 0) is 33.1 Å². The van der Waals surface area contributed by atoms with Gasteiger partial charge in [0.15, 0.2) is 0 Å². The fourth-order valence-electron chi connectivity index (χ4n) is 2.28. The highest BCUT2D eigenvalue weighted by molar-refractivity contribution is 5.41. The number of nitrogens with one attached hydrogen (secondary N) is 1. The van der Waals surface area contributed by atoms with Gasteiger partial charge < -0.3 is 20.7 Å². The molecule has 1 aromatic heterocycles. The topological polar surface area (TPSA) is 89.2 Å². The Balaban J connectivity index is 1.99. The van der Waals surface area contributed by atoms with Crippen LogP contribution < -0.4 is 16.0 Å². The summed E-state index contributed by atoms with van der Waals surface area (Å²) in [5.41, 5.74) is 5.76. The molecule has 112 valence electrons. The summed E-state index contributed by atoms with van der Waals surface area (Å²) in [6, 6.07) is 0. The molecule has 3 N–H and O–H groups in total. The van der Waals surface area contributed by atoms with Gasteiger partial charge in [-0.1, -0.05) is 0 Å². The quantitative estimate of drug-likeness (QED) is 0.811. The van der Waals surface area contributed by atoms with E-state index in [1.807, 2.05) is 4.90 Å². The fraction of sp³-hybridized carbons (Fsp3) is 0.769. The van der Waals surface area contributed by atoms with Crippen molar-refractivity contribution < 1.29 is 4.74 Å². The summed E-state index contributed by atoms with van der Waals surface area (Å²) in [6.07, 6.45) is 3.69. The Morgan fingerprint density at radius 1 is 1.25 bits per heavy atom. The van der Waals surface area contributed by atoms with Crippen LogP contribution in [0.2, 0.25) is 0 Å². The SMILES string of the molecule is CCN(CC)c1nc(N)nc(NCC2CCCCO2)n1. The Labute approximate surface area is 119 Å². The van der Waals surface area contributed by atoms with Crippen molar-refractivity contribution in [1.29, 1.82) is 0 Å². The lowest BCUT2D eigenvalue weighted by atomic mass is 10.1. The van der Waals surface area contributed by atoms with Crippen molar-refractivity contribution in [3.05, 3.63) is 0 Å². The number of aromatic nitrogens is 3. The summed E-state index contributed by atoms with van der Waals surface area (Å²) in [6.45, 7) is 7.35. The first-order chi connectivity index (χ1) is 9.72. The van der Waals surface area contributed by atoms with E-state index in [9.17, 15) is 0 Å². The number of hydrogen-bond donors (Lipinski definition) is 2. The van der Waals surface area contributed by atoms with Crippen LogP contribution in [-0.2, 0) is 4.74 Å². The van der Waals surface area contributed by atoms with Gasteiger partial charge in [-0.15, -0.1) is 0 Å². The molecule has 0 aromatic carbocycles. The minimum atomic E-state index is 0.235. The van der Waals surface area contributed by atoms with Gasteiger partial charge in [0.25, 0.3) is 0 Å². The summed E-state index contributed by atoms with van der Waals surface area (Å²) < 4.78 is 5.67. The predicted octanol–water partition coefficient (Wildman–Crippen LogP) is 1.28. The third kappa shape index (κ3) is 3.93. The number of anilines is 3. The van der Waals surface area contributed by atoms with Gasteiger partial charge in [0.05, 0.1) is 6.10 Å². The van der Waals surface area contributed by atoms with Crippen LogP contribution in [0.15, 0.2) is 0 Å². The third-order valence-corrected chi connectivity index (χ3v) is 3.45. The van der Waals surface area contributed by atoms with E-state index in [0.29, 0.717) is 18.4 Å². The zero-order valence-electron chi connectivity index (χ0n) is 12.3. The molecule has 0 radical (unpaired) electrons. The molecule has 0 saturated carbocycles. The maximum atomic E-state index is 5.76. The lowest BCUT2D eigenvalue weighted by Crippen LogP contribution is -2.29. The Bertz CT molecular complexity index is 417. The molecule has 0 aliphatic carbocycles. The summed E-state index contributed by atoms with van der Waals surface area (Å²) in [7, 11) is 0. The molecule has 0 amide bonds. The van der Waals surface area contributed by atoms with Crippen molar-refractivity contribution in [1.82, 2.24) is 15.0 Å². The lowest BCUT2D eigenvalue weighted by molar-refractivity contribution is 0.0246. The highest BCUT2D eigenvalue weighted by Crippen LogP contribution is 2.15. The van der Waals surface area contributed by atoms with E-state index in [0.717, 1.165) is 32.5 Å². The number of rotatable bonds is 6. The van der Waals surface area contributed by atoms with E-state index in [1.54, 1.807) is 0 Å². The Morgan fingerprint density at radius 2 is 2.05 bits per heavy atom. The molecule has 1 fully saturated rings. The summed E-state index contributed by atoms with van der Waals surface area (Å²) >= 11 is 0. The Kier molecular flexibility index (Phi) is 5.34. The lowest BCUT2D eigenvalue weighted by Gasteiger charge is -2.23. The van der Waals surface area contributed by atoms with Crippen LogP contribution in [-0.4, -0.2) is 47.3 Å². The molecule has 7 nitrogen and oxygen atoms in total. The number of nitrogens with zero attached hydrogens (tertiary/aromatic N) is 4. The molecule has 1 aromatic rings. The van der Waals surface area contributed by atoms with Gasteiger partial charge in [0.1, 0.15) is 0 Å². The molecule has 0 bridgehead atoms. The van der Waals surface area contributed by atoms with Crippen LogP contribution in [0.4, 0.5) is 17.8 Å². The predicted molar refractivity (Wildman–Crippen MR) is 79.9 cm³/mol. The van der Waals surface area contributed by atoms with Crippen LogP contribution in [0.25, 0.3) is 0 Å². The Hall–Kier alpha value is -1.63. The van der Waals surface area contributed by atoms with Crippen molar-refractivity contribution in [2.24, 2.45) is 0 Å². The second-order valence-electron chi connectivity index (χ2n) is 4.86. The number of hydrogen-bond acceptors (Lipinski definition) is 7. The minimum Gasteiger partial charge on any atom is -0.376 e. The van der Waals surface area contributed by atoms with E-state index < -0.39 is 0 Å². The summed E-state index contributed by atoms with van der Waals surface area (Å²) in [5, 5.41) is 3.20. The standard InChI is InChI=1S/C13H24N6O/c1-3-19(4-2)13-17-11(14)16-12(18-13)15-9-10-7-5-6-8-20-10/h10H,3-9H2,1-2H3,(H3,14,15,16,17,18). The number of nitrogens with two attached hydrogens (primary N) is 1. The van der Waals surface area contributed by atoms with Crippen molar-refractivity contribution in [3.63, 3.8) is 0 Å². The average molecular weight is 280 g/mol. The zero-order chi connectivity index (χ0) is 14.4. The molecule has 2 heterocycles. The first-order valence-corrected chi connectivity index (χ1v) is 7.35. The summed E-state index contributed by atoms with van der Waals surface area (Å²) in [5.74, 6) is 1.39. The number of nitrogen functional groups attached to an aromatic ring is 1. The van der Waals surface area contributed by atoms with Crippen molar-refractivity contribution in [2.75, 3.05) is 42.2 Å². The van der Waals surface area contributed by atoms with Gasteiger partial charge in [-0.25, -0.2) is 0 Å². The van der Waals surface area contributed by atoms with E-state index >= 15 is 0 Å². The molecule has 1 aliphatic heterocycles. The van der Waals surface area contributed by atoms with Crippen molar-refractivity contribution in [2.45, 2.75) is 39.2 Å². The number of ether oxygens (including phenoxy) is 1. The van der Waals surface area contributed by atoms with Gasteiger partial charge in [0.2, 0.25) is 17.8 Å². The third-order valence-electron chi connectivity index (χ3n) is 3.45. The van der Waals surface area contributed by atoms with Crippen LogP contribution in [0.1, 0.15) is 33.1 Å². The van der Waals surface area contributed by atoms with Crippen LogP contribution in [0, 0.1) is 0 Å². The van der Waals surface area contributed by atoms with Crippen LogP contribution in [0.5, 0.6) is 0 Å². The van der Waals surface area contributed by atoms with Gasteiger partial charge >= 0.3 is 0 Å². The largest absolute Gasteiger partial charge is 0.376 e. The maximum Gasteiger partial charge on any atom is 0.231 e. The fourth-order valence-corrected chi connectivity index (χ4v) is 2.28. The summed E-state index contributed by atoms with van der Waals surface area (Å²) in [4.78, 5) is 14.8. The van der Waals surface area contributed by atoms with Crippen molar-refractivity contribution in [3.8, 4) is 0 Å². The monoisotopic (exact) mass is 280 g/mol. The minimum absolute atomic E-state index is 0.235. The normalized spacial score (nSPS) is 18.8. The second-order valence-corrected chi connectivity index (χ2v) is 4.86. The first-order valence-electron chi connectivity index (χ1n) is 7.35. The van der Waals surface area contributed by atoms with Crippen LogP contribution in [0.3, 0.4) is 0 Å². The molecule has 20 heavy (non-hydrogen) atoms. The zero-order valence-corrected chi connectivity index (χ0v) is 12.3. The molecular weight excluding hydrogens is 256 g/mol. The Morgan fingerprint density at radius 3 is 2.70 bits per heavy atom. The van der Waals surface area contributed by atoms with E-state index in [-0.39, 0.29) is 12.1 Å². The van der Waals surface area contributed by atoms with Gasteiger partial charge in [-0.3, -0.25) is 0 Å². The van der Waals surface area contributed by atoms with Gasteiger partial charge in [-0.2, -0.15) is 15.0 Å². The van der Waals surface area contributed by atoms with Crippen LogP contribution >= 0.6 is 0 Å². The molecule has 0 spiro atoms. The second kappa shape index (κ2) is 7.23. The molecule has 1 saturated heterocycles.